The van der Waals surface area contributed by atoms with Gasteiger partial charge in [-0.05, 0) is 35.0 Å². The number of hydrogen-bond acceptors (Lipinski definition) is 3. The highest BCUT2D eigenvalue weighted by Gasteiger charge is 2.31. The molecule has 0 bridgehead atoms. The summed E-state index contributed by atoms with van der Waals surface area (Å²) in [6, 6.07) is 5.39. The summed E-state index contributed by atoms with van der Waals surface area (Å²) < 4.78 is 40.9. The zero-order chi connectivity index (χ0) is 14.9. The number of hydrogen-bond donors (Lipinski definition) is 0. The van der Waals surface area contributed by atoms with E-state index in [0.29, 0.717) is 15.7 Å². The second-order valence-electron chi connectivity index (χ2n) is 3.81. The summed E-state index contributed by atoms with van der Waals surface area (Å²) in [7, 11) is 0. The lowest BCUT2D eigenvalue weighted by atomic mass is 10.2. The van der Waals surface area contributed by atoms with Gasteiger partial charge in [0.1, 0.15) is 10.9 Å². The molecule has 106 valence electrons. The minimum Gasteiger partial charge on any atom is -0.406 e. The highest BCUT2D eigenvalue weighted by Crippen LogP contribution is 2.29. The molecule has 0 aliphatic rings. The minimum absolute atomic E-state index is 0.189. The first-order valence-electron chi connectivity index (χ1n) is 5.32. The van der Waals surface area contributed by atoms with E-state index in [4.69, 9.17) is 11.6 Å². The van der Waals surface area contributed by atoms with Gasteiger partial charge in [-0.2, -0.15) is 0 Å². The minimum atomic E-state index is -4.74. The van der Waals surface area contributed by atoms with Gasteiger partial charge in [-0.25, -0.2) is 9.97 Å². The van der Waals surface area contributed by atoms with E-state index in [1.165, 1.54) is 18.2 Å². The van der Waals surface area contributed by atoms with Gasteiger partial charge in [-0.1, -0.05) is 23.7 Å². The molecule has 0 spiro atoms. The number of benzene rings is 1. The second-order valence-corrected chi connectivity index (χ2v) is 4.96. The van der Waals surface area contributed by atoms with Crippen molar-refractivity contribution in [2.75, 3.05) is 0 Å². The summed E-state index contributed by atoms with van der Waals surface area (Å²) in [5.41, 5.74) is 0.964. The van der Waals surface area contributed by atoms with E-state index in [1.807, 2.05) is 0 Å². The van der Waals surface area contributed by atoms with Crippen LogP contribution in [0.15, 0.2) is 28.7 Å². The van der Waals surface area contributed by atoms with Gasteiger partial charge in [0.05, 0.1) is 10.2 Å². The smallest absolute Gasteiger partial charge is 0.406 e. The van der Waals surface area contributed by atoms with Crippen molar-refractivity contribution in [1.82, 2.24) is 9.97 Å². The van der Waals surface area contributed by atoms with Crippen LogP contribution in [0.25, 0.3) is 11.4 Å². The summed E-state index contributed by atoms with van der Waals surface area (Å²) in [4.78, 5) is 8.17. The summed E-state index contributed by atoms with van der Waals surface area (Å²) in [5, 5.41) is 0.189. The van der Waals surface area contributed by atoms with E-state index in [2.05, 4.69) is 30.6 Å². The fourth-order valence-corrected chi connectivity index (χ4v) is 1.88. The molecule has 0 radical (unpaired) electrons. The number of halogens is 5. The molecular formula is C12H7BrClF3N2O. The van der Waals surface area contributed by atoms with Crippen LogP contribution >= 0.6 is 27.5 Å². The van der Waals surface area contributed by atoms with Crippen molar-refractivity contribution >= 4 is 27.5 Å². The Bertz CT molecular complexity index is 626. The van der Waals surface area contributed by atoms with Gasteiger partial charge in [-0.3, -0.25) is 0 Å². The van der Waals surface area contributed by atoms with Crippen molar-refractivity contribution in [2.45, 2.75) is 13.3 Å². The maximum absolute atomic E-state index is 12.2. The molecule has 2 rings (SSSR count). The molecule has 3 nitrogen and oxygen atoms in total. The normalized spacial score (nSPS) is 11.5. The molecule has 8 heteroatoms. The topological polar surface area (TPSA) is 35.0 Å². The van der Waals surface area contributed by atoms with Crippen molar-refractivity contribution in [3.05, 3.63) is 39.6 Å². The lowest BCUT2D eigenvalue weighted by molar-refractivity contribution is -0.274. The maximum atomic E-state index is 12.2. The molecule has 1 aromatic heterocycles. The van der Waals surface area contributed by atoms with Gasteiger partial charge in [-0.15, -0.1) is 13.2 Å². The fourth-order valence-electron chi connectivity index (χ4n) is 1.49. The molecule has 0 saturated heterocycles. The number of alkyl halides is 3. The van der Waals surface area contributed by atoms with Crippen LogP contribution in [0.4, 0.5) is 13.2 Å². The van der Waals surface area contributed by atoms with E-state index in [9.17, 15) is 13.2 Å². The Morgan fingerprint density at radius 1 is 1.25 bits per heavy atom. The first-order valence-corrected chi connectivity index (χ1v) is 6.49. The second kappa shape index (κ2) is 5.57. The summed E-state index contributed by atoms with van der Waals surface area (Å²) in [6.45, 7) is 1.71. The first-order chi connectivity index (χ1) is 9.26. The molecule has 0 unspecified atom stereocenters. The van der Waals surface area contributed by atoms with Gasteiger partial charge in [0.15, 0.2) is 5.82 Å². The van der Waals surface area contributed by atoms with Crippen LogP contribution in [0.1, 0.15) is 5.69 Å². The molecule has 0 aliphatic heterocycles. The standard InChI is InChI=1S/C12H7BrClF3N2O/c1-6-9(13)10(14)19-11(18-6)7-3-2-4-8(5-7)20-12(15,16)17/h2-5H,1H3. The Labute approximate surface area is 125 Å². The molecule has 2 aromatic rings. The van der Waals surface area contributed by atoms with Crippen LogP contribution in [-0.4, -0.2) is 16.3 Å². The van der Waals surface area contributed by atoms with Gasteiger partial charge < -0.3 is 4.74 Å². The molecule has 1 heterocycles. The summed E-state index contributed by atoms with van der Waals surface area (Å²) in [6.07, 6.45) is -4.74. The first kappa shape index (κ1) is 15.1. The predicted octanol–water partition coefficient (Wildman–Crippen LogP) is 4.77. The third kappa shape index (κ3) is 3.61. The lowest BCUT2D eigenvalue weighted by Gasteiger charge is -2.10. The quantitative estimate of drug-likeness (QED) is 0.718. The van der Waals surface area contributed by atoms with Gasteiger partial charge in [0.2, 0.25) is 0 Å². The number of ether oxygens (including phenoxy) is 1. The average molecular weight is 368 g/mol. The highest BCUT2D eigenvalue weighted by molar-refractivity contribution is 9.10. The van der Waals surface area contributed by atoms with Crippen molar-refractivity contribution in [3.8, 4) is 17.1 Å². The van der Waals surface area contributed by atoms with E-state index in [1.54, 1.807) is 13.0 Å². The molecule has 0 aliphatic carbocycles. The van der Waals surface area contributed by atoms with Gasteiger partial charge in [0.25, 0.3) is 0 Å². The van der Waals surface area contributed by atoms with Gasteiger partial charge >= 0.3 is 6.36 Å². The maximum Gasteiger partial charge on any atom is 0.573 e. The summed E-state index contributed by atoms with van der Waals surface area (Å²) >= 11 is 9.12. The Morgan fingerprint density at radius 3 is 2.55 bits per heavy atom. The molecule has 0 N–H and O–H groups in total. The lowest BCUT2D eigenvalue weighted by Crippen LogP contribution is -2.17. The molecular weight excluding hydrogens is 360 g/mol. The number of aryl methyl sites for hydroxylation is 1. The SMILES string of the molecule is Cc1nc(-c2cccc(OC(F)(F)F)c2)nc(Cl)c1Br. The predicted molar refractivity (Wildman–Crippen MR) is 71.6 cm³/mol. The third-order valence-electron chi connectivity index (χ3n) is 2.30. The van der Waals surface area contributed by atoms with Crippen molar-refractivity contribution in [2.24, 2.45) is 0 Å². The number of rotatable bonds is 2. The molecule has 20 heavy (non-hydrogen) atoms. The van der Waals surface area contributed by atoms with Crippen LogP contribution in [-0.2, 0) is 0 Å². The average Bonchev–Trinajstić information content (AvgIpc) is 2.33. The third-order valence-corrected chi connectivity index (χ3v) is 3.75. The number of nitrogens with zero attached hydrogens (tertiary/aromatic N) is 2. The molecule has 0 fully saturated rings. The Balaban J connectivity index is 2.41. The molecule has 0 amide bonds. The Hall–Kier alpha value is -1.34. The zero-order valence-electron chi connectivity index (χ0n) is 10.0. The molecule has 0 saturated carbocycles. The van der Waals surface area contributed by atoms with Crippen LogP contribution in [0.2, 0.25) is 5.15 Å². The number of aromatic nitrogens is 2. The highest BCUT2D eigenvalue weighted by atomic mass is 79.9. The Morgan fingerprint density at radius 2 is 1.95 bits per heavy atom. The van der Waals surface area contributed by atoms with E-state index in [0.717, 1.165) is 0 Å². The van der Waals surface area contributed by atoms with Crippen LogP contribution in [0.5, 0.6) is 5.75 Å². The van der Waals surface area contributed by atoms with Crippen LogP contribution in [0, 0.1) is 6.92 Å². The van der Waals surface area contributed by atoms with E-state index >= 15 is 0 Å². The Kier molecular flexibility index (Phi) is 4.19. The van der Waals surface area contributed by atoms with E-state index in [-0.39, 0.29) is 16.7 Å². The van der Waals surface area contributed by atoms with Crippen molar-refractivity contribution in [1.29, 1.82) is 0 Å². The molecule has 1 aromatic carbocycles. The fraction of sp³-hybridized carbons (Fsp3) is 0.167. The van der Waals surface area contributed by atoms with Gasteiger partial charge in [0, 0.05) is 5.56 Å². The molecule has 0 atom stereocenters. The van der Waals surface area contributed by atoms with Crippen molar-refractivity contribution < 1.29 is 17.9 Å². The monoisotopic (exact) mass is 366 g/mol. The zero-order valence-corrected chi connectivity index (χ0v) is 12.3. The van der Waals surface area contributed by atoms with Crippen LogP contribution in [0.3, 0.4) is 0 Å². The summed E-state index contributed by atoms with van der Waals surface area (Å²) in [5.74, 6) is -0.112. The van der Waals surface area contributed by atoms with Crippen molar-refractivity contribution in [3.63, 3.8) is 0 Å². The largest absolute Gasteiger partial charge is 0.573 e. The van der Waals surface area contributed by atoms with Crippen LogP contribution < -0.4 is 4.74 Å². The van der Waals surface area contributed by atoms with E-state index < -0.39 is 6.36 Å².